The number of hydrogen-bond acceptors (Lipinski definition) is 3. The van der Waals surface area contributed by atoms with Crippen molar-refractivity contribution in [3.8, 4) is 0 Å². The van der Waals surface area contributed by atoms with E-state index in [1.807, 2.05) is 0 Å². The molecule has 1 fully saturated rings. The number of anilines is 1. The molecule has 3 rings (SSSR count). The van der Waals surface area contributed by atoms with Crippen LogP contribution >= 0.6 is 0 Å². The zero-order valence-electron chi connectivity index (χ0n) is 13.2. The molecule has 0 unspecified atom stereocenters. The first-order valence-corrected chi connectivity index (χ1v) is 9.19. The van der Waals surface area contributed by atoms with Crippen LogP contribution < -0.4 is 9.62 Å². The highest BCUT2D eigenvalue weighted by molar-refractivity contribution is 7.89. The van der Waals surface area contributed by atoms with Crippen LogP contribution in [0.3, 0.4) is 0 Å². The summed E-state index contributed by atoms with van der Waals surface area (Å²) < 4.78 is 53.1. The summed E-state index contributed by atoms with van der Waals surface area (Å²) in [4.78, 5) is 12.8. The van der Waals surface area contributed by atoms with Crippen molar-refractivity contribution >= 4 is 21.6 Å². The number of nitrogens with zero attached hydrogens (tertiary/aromatic N) is 1. The molecule has 0 aromatic heterocycles. The van der Waals surface area contributed by atoms with Gasteiger partial charge in [0.1, 0.15) is 16.5 Å². The van der Waals surface area contributed by atoms with Gasteiger partial charge >= 0.3 is 0 Å². The van der Waals surface area contributed by atoms with Gasteiger partial charge in [-0.15, -0.1) is 0 Å². The summed E-state index contributed by atoms with van der Waals surface area (Å²) in [6.07, 6.45) is 1.36. The number of hydrogen-bond donors (Lipinski definition) is 1. The van der Waals surface area contributed by atoms with Crippen molar-refractivity contribution in [3.05, 3.63) is 59.7 Å². The molecular formula is C17H16F2N2O3S. The van der Waals surface area contributed by atoms with E-state index in [2.05, 4.69) is 4.72 Å². The zero-order chi connectivity index (χ0) is 18.0. The fourth-order valence-corrected chi connectivity index (χ4v) is 3.74. The van der Waals surface area contributed by atoms with Crippen LogP contribution in [0.15, 0.2) is 47.4 Å². The molecule has 8 heteroatoms. The normalized spacial score (nSPS) is 15.0. The molecule has 132 valence electrons. The molecule has 1 aliphatic heterocycles. The SMILES string of the molecule is O=C1CCCN1c1ccc(CNS(=O)(=O)c2ccc(F)cc2F)cc1. The van der Waals surface area contributed by atoms with Crippen LogP contribution in [0.25, 0.3) is 0 Å². The number of amides is 1. The lowest BCUT2D eigenvalue weighted by Gasteiger charge is -2.16. The van der Waals surface area contributed by atoms with Crippen LogP contribution in [-0.4, -0.2) is 20.9 Å². The predicted octanol–water partition coefficient (Wildman–Crippen LogP) is 2.57. The van der Waals surface area contributed by atoms with Crippen molar-refractivity contribution in [2.24, 2.45) is 0 Å². The van der Waals surface area contributed by atoms with Gasteiger partial charge in [0.25, 0.3) is 0 Å². The third-order valence-electron chi connectivity index (χ3n) is 3.97. The van der Waals surface area contributed by atoms with Gasteiger partial charge in [-0.25, -0.2) is 21.9 Å². The van der Waals surface area contributed by atoms with Crippen LogP contribution in [0.2, 0.25) is 0 Å². The highest BCUT2D eigenvalue weighted by Crippen LogP contribution is 2.22. The first-order chi connectivity index (χ1) is 11.9. The second-order valence-electron chi connectivity index (χ2n) is 5.71. The summed E-state index contributed by atoms with van der Waals surface area (Å²) >= 11 is 0. The summed E-state index contributed by atoms with van der Waals surface area (Å²) in [6.45, 7) is 0.627. The topological polar surface area (TPSA) is 66.5 Å². The van der Waals surface area contributed by atoms with Crippen LogP contribution in [0.4, 0.5) is 14.5 Å². The highest BCUT2D eigenvalue weighted by Gasteiger charge is 2.22. The maximum Gasteiger partial charge on any atom is 0.243 e. The van der Waals surface area contributed by atoms with Gasteiger partial charge < -0.3 is 4.90 Å². The molecular weight excluding hydrogens is 350 g/mol. The van der Waals surface area contributed by atoms with Gasteiger partial charge in [-0.2, -0.15) is 0 Å². The number of sulfonamides is 1. The number of nitrogens with one attached hydrogen (secondary N) is 1. The molecule has 1 saturated heterocycles. The summed E-state index contributed by atoms with van der Waals surface area (Å²) in [5.41, 5.74) is 1.42. The Morgan fingerprint density at radius 3 is 2.40 bits per heavy atom. The average Bonchev–Trinajstić information content (AvgIpc) is 2.99. The van der Waals surface area contributed by atoms with E-state index in [1.54, 1.807) is 29.2 Å². The first kappa shape index (κ1) is 17.5. The van der Waals surface area contributed by atoms with E-state index in [1.165, 1.54) is 0 Å². The van der Waals surface area contributed by atoms with Gasteiger partial charge in [-0.3, -0.25) is 4.79 Å². The predicted molar refractivity (Wildman–Crippen MR) is 88.4 cm³/mol. The maximum absolute atomic E-state index is 13.6. The van der Waals surface area contributed by atoms with Crippen LogP contribution in [0.1, 0.15) is 18.4 Å². The van der Waals surface area contributed by atoms with Crippen molar-refractivity contribution in [3.63, 3.8) is 0 Å². The lowest BCUT2D eigenvalue weighted by atomic mass is 10.2. The first-order valence-electron chi connectivity index (χ1n) is 7.71. The zero-order valence-corrected chi connectivity index (χ0v) is 14.0. The minimum Gasteiger partial charge on any atom is -0.312 e. The van der Waals surface area contributed by atoms with Crippen LogP contribution in [-0.2, 0) is 21.4 Å². The fraction of sp³-hybridized carbons (Fsp3) is 0.235. The Bertz CT molecular complexity index is 899. The van der Waals surface area contributed by atoms with Gasteiger partial charge in [-0.1, -0.05) is 12.1 Å². The molecule has 0 radical (unpaired) electrons. The largest absolute Gasteiger partial charge is 0.312 e. The Kier molecular flexibility index (Phi) is 4.82. The van der Waals surface area contributed by atoms with E-state index in [-0.39, 0.29) is 12.5 Å². The molecule has 1 aliphatic rings. The fourth-order valence-electron chi connectivity index (χ4n) is 2.66. The summed E-state index contributed by atoms with van der Waals surface area (Å²) in [6, 6.07) is 9.18. The Hall–Kier alpha value is -2.32. The van der Waals surface area contributed by atoms with Crippen molar-refractivity contribution in [2.45, 2.75) is 24.3 Å². The second kappa shape index (κ2) is 6.89. The number of benzene rings is 2. The van der Waals surface area contributed by atoms with E-state index in [0.29, 0.717) is 24.6 Å². The quantitative estimate of drug-likeness (QED) is 0.884. The number of carbonyl (C=O) groups excluding carboxylic acids is 1. The third kappa shape index (κ3) is 3.85. The molecule has 1 amide bonds. The Morgan fingerprint density at radius 1 is 1.08 bits per heavy atom. The minimum absolute atomic E-state index is 0.0482. The van der Waals surface area contributed by atoms with Crippen molar-refractivity contribution in [2.75, 3.05) is 11.4 Å². The molecule has 0 saturated carbocycles. The minimum atomic E-state index is -4.10. The monoisotopic (exact) mass is 366 g/mol. The molecule has 25 heavy (non-hydrogen) atoms. The van der Waals surface area contributed by atoms with Crippen molar-refractivity contribution < 1.29 is 22.0 Å². The van der Waals surface area contributed by atoms with E-state index < -0.39 is 26.6 Å². The Labute approximate surface area is 144 Å². The lowest BCUT2D eigenvalue weighted by Crippen LogP contribution is -2.25. The Balaban J connectivity index is 1.69. The third-order valence-corrected chi connectivity index (χ3v) is 5.41. The molecule has 0 spiro atoms. The standard InChI is InChI=1S/C17H16F2N2O3S/c18-13-5-8-16(15(19)10-13)25(23,24)20-11-12-3-6-14(7-4-12)21-9-1-2-17(21)22/h3-8,10,20H,1-2,9,11H2. The van der Waals surface area contributed by atoms with Gasteiger partial charge in [-0.05, 0) is 36.2 Å². The lowest BCUT2D eigenvalue weighted by molar-refractivity contribution is -0.117. The van der Waals surface area contributed by atoms with E-state index in [4.69, 9.17) is 0 Å². The molecule has 2 aromatic rings. The average molecular weight is 366 g/mol. The van der Waals surface area contributed by atoms with Gasteiger partial charge in [0, 0.05) is 31.3 Å². The smallest absolute Gasteiger partial charge is 0.243 e. The Morgan fingerprint density at radius 2 is 1.80 bits per heavy atom. The number of carbonyl (C=O) groups is 1. The van der Waals surface area contributed by atoms with Gasteiger partial charge in [0.2, 0.25) is 15.9 Å². The molecule has 0 atom stereocenters. The van der Waals surface area contributed by atoms with E-state index in [9.17, 15) is 22.0 Å². The number of rotatable bonds is 5. The summed E-state index contributed by atoms with van der Waals surface area (Å²) in [7, 11) is -4.10. The molecule has 0 bridgehead atoms. The highest BCUT2D eigenvalue weighted by atomic mass is 32.2. The summed E-state index contributed by atoms with van der Waals surface area (Å²) in [5, 5.41) is 0. The van der Waals surface area contributed by atoms with Crippen molar-refractivity contribution in [1.82, 2.24) is 4.72 Å². The molecule has 1 N–H and O–H groups in total. The van der Waals surface area contributed by atoms with Gasteiger partial charge in [0.15, 0.2) is 0 Å². The van der Waals surface area contributed by atoms with E-state index in [0.717, 1.165) is 24.2 Å². The van der Waals surface area contributed by atoms with Crippen molar-refractivity contribution in [1.29, 1.82) is 0 Å². The van der Waals surface area contributed by atoms with Crippen LogP contribution in [0, 0.1) is 11.6 Å². The van der Waals surface area contributed by atoms with Crippen LogP contribution in [0.5, 0.6) is 0 Å². The van der Waals surface area contributed by atoms with E-state index >= 15 is 0 Å². The maximum atomic E-state index is 13.6. The number of halogens is 2. The molecule has 1 heterocycles. The summed E-state index contributed by atoms with van der Waals surface area (Å²) in [5.74, 6) is -1.92. The van der Waals surface area contributed by atoms with Gasteiger partial charge in [0.05, 0.1) is 0 Å². The molecule has 0 aliphatic carbocycles. The molecule has 2 aromatic carbocycles. The molecule has 5 nitrogen and oxygen atoms in total. The second-order valence-corrected chi connectivity index (χ2v) is 7.45.